The SMILES string of the molecule is COc1ccc(/C=C/C(=O)c2ccc(OC)c([C@H]3C=C(C)C[C@H](c4ccc(OC)cc4)[C@H]3C(=O)c3ccc(OC)c(CC=C(C)C)c3O)c2OC)cc1. The number of benzene rings is 4. The lowest BCUT2D eigenvalue weighted by Crippen LogP contribution is -2.32. The van der Waals surface area contributed by atoms with Gasteiger partial charge in [-0.3, -0.25) is 9.59 Å². The van der Waals surface area contributed by atoms with Crippen molar-refractivity contribution in [2.75, 3.05) is 35.5 Å². The fourth-order valence-corrected chi connectivity index (χ4v) is 7.14. The van der Waals surface area contributed by atoms with Gasteiger partial charge in [0, 0.05) is 23.0 Å². The number of aromatic hydroxyl groups is 1. The highest BCUT2D eigenvalue weighted by Crippen LogP contribution is 2.52. The van der Waals surface area contributed by atoms with Crippen LogP contribution in [-0.4, -0.2) is 52.2 Å². The van der Waals surface area contributed by atoms with Gasteiger partial charge in [-0.15, -0.1) is 0 Å². The van der Waals surface area contributed by atoms with Crippen LogP contribution in [0.4, 0.5) is 0 Å². The third kappa shape index (κ3) is 8.33. The number of carbonyl (C=O) groups is 2. The van der Waals surface area contributed by atoms with E-state index in [0.29, 0.717) is 52.5 Å². The van der Waals surface area contributed by atoms with Crippen LogP contribution in [0.15, 0.2) is 102 Å². The zero-order valence-electron chi connectivity index (χ0n) is 31.7. The monoisotopic (exact) mass is 716 g/mol. The highest BCUT2D eigenvalue weighted by molar-refractivity contribution is 6.09. The Hall–Kier alpha value is -5.76. The third-order valence-electron chi connectivity index (χ3n) is 9.83. The van der Waals surface area contributed by atoms with Gasteiger partial charge in [0.05, 0.1) is 46.7 Å². The standard InChI is InChI=1S/C45H48O8/c1-27(2)9-19-34-39(51-6)23-21-35(43(34)47)44(48)41-36(30-13-17-32(50-5)18-14-30)25-28(3)26-37(41)42-40(52-7)24-20-33(45(42)53-8)38(46)22-12-29-10-15-31(49-4)16-11-29/h9-18,20-24,26,36-37,41,47H,19,25H2,1-8H3/b22-12+/t36-,37+,41-/m1/s1. The summed E-state index contributed by atoms with van der Waals surface area (Å²) >= 11 is 0. The number of phenols is 1. The molecule has 1 aliphatic carbocycles. The average molecular weight is 717 g/mol. The molecule has 0 bridgehead atoms. The summed E-state index contributed by atoms with van der Waals surface area (Å²) in [6.45, 7) is 6.00. The summed E-state index contributed by atoms with van der Waals surface area (Å²) in [5.74, 6) is 0.424. The van der Waals surface area contributed by atoms with Crippen LogP contribution in [0.5, 0.6) is 34.5 Å². The molecule has 0 radical (unpaired) electrons. The van der Waals surface area contributed by atoms with E-state index in [1.165, 1.54) is 13.2 Å². The first-order valence-corrected chi connectivity index (χ1v) is 17.5. The van der Waals surface area contributed by atoms with Crippen molar-refractivity contribution in [2.24, 2.45) is 5.92 Å². The van der Waals surface area contributed by atoms with E-state index in [1.807, 2.05) is 75.4 Å². The summed E-state index contributed by atoms with van der Waals surface area (Å²) in [4.78, 5) is 29.1. The largest absolute Gasteiger partial charge is 0.507 e. The molecule has 8 nitrogen and oxygen atoms in total. The first-order chi connectivity index (χ1) is 25.5. The molecule has 0 saturated heterocycles. The lowest BCUT2D eigenvalue weighted by molar-refractivity contribution is 0.0876. The van der Waals surface area contributed by atoms with Gasteiger partial charge in [0.1, 0.15) is 34.5 Å². The normalized spacial score (nSPS) is 16.8. The second-order valence-corrected chi connectivity index (χ2v) is 13.4. The molecule has 1 N–H and O–H groups in total. The second kappa shape index (κ2) is 17.2. The number of hydrogen-bond donors (Lipinski definition) is 1. The van der Waals surface area contributed by atoms with Crippen molar-refractivity contribution in [3.63, 3.8) is 0 Å². The maximum absolute atomic E-state index is 15.2. The van der Waals surface area contributed by atoms with Gasteiger partial charge in [-0.05, 0) is 105 Å². The van der Waals surface area contributed by atoms with Gasteiger partial charge in [0.15, 0.2) is 11.6 Å². The van der Waals surface area contributed by atoms with Crippen molar-refractivity contribution < 1.29 is 38.4 Å². The van der Waals surface area contributed by atoms with Crippen molar-refractivity contribution in [3.8, 4) is 34.5 Å². The van der Waals surface area contributed by atoms with Crippen LogP contribution < -0.4 is 23.7 Å². The summed E-state index contributed by atoms with van der Waals surface area (Å²) in [5.41, 5.74) is 5.52. The Labute approximate surface area is 312 Å². The van der Waals surface area contributed by atoms with E-state index in [1.54, 1.807) is 58.8 Å². The Kier molecular flexibility index (Phi) is 12.5. The zero-order chi connectivity index (χ0) is 38.2. The molecule has 1 aliphatic rings. The topological polar surface area (TPSA) is 101 Å². The van der Waals surface area contributed by atoms with E-state index in [0.717, 1.165) is 28.0 Å². The highest BCUT2D eigenvalue weighted by atomic mass is 16.5. The number of ether oxygens (including phenoxy) is 5. The first-order valence-electron chi connectivity index (χ1n) is 17.5. The molecular weight excluding hydrogens is 668 g/mol. The molecule has 0 unspecified atom stereocenters. The number of methoxy groups -OCH3 is 5. The molecule has 4 aromatic rings. The fourth-order valence-electron chi connectivity index (χ4n) is 7.14. The lowest BCUT2D eigenvalue weighted by atomic mass is 9.65. The molecule has 53 heavy (non-hydrogen) atoms. The minimum absolute atomic E-state index is 0.114. The predicted octanol–water partition coefficient (Wildman–Crippen LogP) is 9.56. The van der Waals surface area contributed by atoms with E-state index in [9.17, 15) is 9.90 Å². The molecule has 0 fully saturated rings. The van der Waals surface area contributed by atoms with E-state index in [-0.39, 0.29) is 28.8 Å². The van der Waals surface area contributed by atoms with Gasteiger partial charge >= 0.3 is 0 Å². The smallest absolute Gasteiger partial charge is 0.189 e. The Morgan fingerprint density at radius 3 is 1.94 bits per heavy atom. The van der Waals surface area contributed by atoms with Crippen LogP contribution >= 0.6 is 0 Å². The van der Waals surface area contributed by atoms with E-state index < -0.39 is 11.8 Å². The summed E-state index contributed by atoms with van der Waals surface area (Å²) in [7, 11) is 7.84. The Morgan fingerprint density at radius 2 is 1.36 bits per heavy atom. The molecule has 0 saturated carbocycles. The molecule has 0 amide bonds. The number of Topliss-reactive ketones (excluding diaryl/α,β-unsaturated/α-hetero) is 1. The molecule has 276 valence electrons. The van der Waals surface area contributed by atoms with Crippen molar-refractivity contribution >= 4 is 17.6 Å². The maximum Gasteiger partial charge on any atom is 0.189 e. The lowest BCUT2D eigenvalue weighted by Gasteiger charge is -2.38. The number of ketones is 2. The highest BCUT2D eigenvalue weighted by Gasteiger charge is 2.43. The quantitative estimate of drug-likeness (QED) is 0.0783. The van der Waals surface area contributed by atoms with Gasteiger partial charge < -0.3 is 28.8 Å². The van der Waals surface area contributed by atoms with Crippen molar-refractivity contribution in [2.45, 2.75) is 45.4 Å². The molecule has 0 heterocycles. The van der Waals surface area contributed by atoms with Crippen LogP contribution in [-0.2, 0) is 6.42 Å². The van der Waals surface area contributed by atoms with Gasteiger partial charge in [-0.2, -0.15) is 0 Å². The molecule has 8 heteroatoms. The summed E-state index contributed by atoms with van der Waals surface area (Å²) in [5, 5.41) is 11.8. The first kappa shape index (κ1) is 38.5. The number of carbonyl (C=O) groups excluding carboxylic acids is 2. The number of hydrogen-bond acceptors (Lipinski definition) is 8. The Bertz CT molecular complexity index is 2030. The van der Waals surface area contributed by atoms with Crippen LogP contribution in [0.1, 0.15) is 82.0 Å². The number of phenolic OH excluding ortho intramolecular Hbond substituents is 1. The Morgan fingerprint density at radius 1 is 0.755 bits per heavy atom. The molecular formula is C45H48O8. The van der Waals surface area contributed by atoms with E-state index in [2.05, 4.69) is 6.08 Å². The molecule has 0 aliphatic heterocycles. The Balaban J connectivity index is 1.70. The minimum atomic E-state index is -0.731. The van der Waals surface area contributed by atoms with Crippen LogP contribution in [0.3, 0.4) is 0 Å². The zero-order valence-corrected chi connectivity index (χ0v) is 31.7. The second-order valence-electron chi connectivity index (χ2n) is 13.4. The van der Waals surface area contributed by atoms with Gasteiger partial charge in [0.25, 0.3) is 0 Å². The fraction of sp³-hybridized carbons (Fsp3) is 0.289. The molecule has 0 spiro atoms. The summed E-state index contributed by atoms with van der Waals surface area (Å²) in [6, 6.07) is 21.9. The third-order valence-corrected chi connectivity index (χ3v) is 9.83. The van der Waals surface area contributed by atoms with Crippen LogP contribution in [0, 0.1) is 5.92 Å². The summed E-state index contributed by atoms with van der Waals surface area (Å²) < 4.78 is 28.3. The maximum atomic E-state index is 15.2. The number of rotatable bonds is 14. The van der Waals surface area contributed by atoms with Gasteiger partial charge in [-0.25, -0.2) is 0 Å². The molecule has 4 aromatic carbocycles. The van der Waals surface area contributed by atoms with Crippen molar-refractivity contribution in [1.29, 1.82) is 0 Å². The summed E-state index contributed by atoms with van der Waals surface area (Å²) in [6.07, 6.45) is 8.28. The van der Waals surface area contributed by atoms with Gasteiger partial charge in [0.2, 0.25) is 0 Å². The molecule has 3 atom stereocenters. The predicted molar refractivity (Wildman–Crippen MR) is 208 cm³/mol. The number of allylic oxidation sites excluding steroid dienone is 5. The van der Waals surface area contributed by atoms with Gasteiger partial charge in [-0.1, -0.05) is 53.6 Å². The molecule has 5 rings (SSSR count). The van der Waals surface area contributed by atoms with Crippen molar-refractivity contribution in [3.05, 3.63) is 136 Å². The average Bonchev–Trinajstić information content (AvgIpc) is 3.18. The van der Waals surface area contributed by atoms with Crippen molar-refractivity contribution in [1.82, 2.24) is 0 Å². The minimum Gasteiger partial charge on any atom is -0.507 e. The molecule has 0 aromatic heterocycles. The van der Waals surface area contributed by atoms with Crippen LogP contribution in [0.2, 0.25) is 0 Å². The van der Waals surface area contributed by atoms with E-state index >= 15 is 4.79 Å². The van der Waals surface area contributed by atoms with E-state index in [4.69, 9.17) is 23.7 Å². The van der Waals surface area contributed by atoms with Crippen LogP contribution in [0.25, 0.3) is 6.08 Å².